The molecular formula is C15H29ClF2N2. The van der Waals surface area contributed by atoms with Gasteiger partial charge in [0.15, 0.2) is 0 Å². The molecule has 1 aliphatic carbocycles. The van der Waals surface area contributed by atoms with E-state index in [2.05, 4.69) is 17.1 Å². The predicted molar refractivity (Wildman–Crippen MR) is 81.9 cm³/mol. The molecule has 1 N–H and O–H groups in total. The van der Waals surface area contributed by atoms with Crippen LogP contribution in [0.15, 0.2) is 0 Å². The van der Waals surface area contributed by atoms with Gasteiger partial charge in [-0.1, -0.05) is 6.92 Å². The Balaban J connectivity index is 0.00000200. The Morgan fingerprint density at radius 1 is 1.20 bits per heavy atom. The zero-order valence-electron chi connectivity index (χ0n) is 12.5. The summed E-state index contributed by atoms with van der Waals surface area (Å²) in [5.41, 5.74) is 0. The van der Waals surface area contributed by atoms with E-state index in [-0.39, 0.29) is 31.2 Å². The average Bonchev–Trinajstić information content (AvgIpc) is 2.38. The molecule has 0 radical (unpaired) electrons. The molecule has 1 saturated heterocycles. The Labute approximate surface area is 128 Å². The van der Waals surface area contributed by atoms with Gasteiger partial charge in [0.2, 0.25) is 5.92 Å². The summed E-state index contributed by atoms with van der Waals surface area (Å²) in [6, 6.07) is 0.608. The number of piperidine rings is 1. The Morgan fingerprint density at radius 2 is 1.90 bits per heavy atom. The highest BCUT2D eigenvalue weighted by atomic mass is 35.5. The van der Waals surface area contributed by atoms with Gasteiger partial charge in [0.05, 0.1) is 0 Å². The zero-order chi connectivity index (χ0) is 13.7. The van der Waals surface area contributed by atoms with Crippen LogP contribution in [0.2, 0.25) is 0 Å². The highest BCUT2D eigenvalue weighted by Crippen LogP contribution is 2.37. The Hall–Kier alpha value is 0.0700. The normalized spacial score (nSPS) is 27.3. The first-order chi connectivity index (χ1) is 9.11. The quantitative estimate of drug-likeness (QED) is 0.833. The molecule has 0 aromatic heterocycles. The highest BCUT2D eigenvalue weighted by Gasteiger charge is 2.37. The lowest BCUT2D eigenvalue weighted by Crippen LogP contribution is -2.46. The van der Waals surface area contributed by atoms with Crippen molar-refractivity contribution >= 4 is 12.4 Å². The van der Waals surface area contributed by atoms with E-state index in [4.69, 9.17) is 0 Å². The fourth-order valence-electron chi connectivity index (χ4n) is 3.65. The van der Waals surface area contributed by atoms with Crippen LogP contribution in [0, 0.1) is 5.92 Å². The fourth-order valence-corrected chi connectivity index (χ4v) is 3.65. The third kappa shape index (κ3) is 5.45. The lowest BCUT2D eigenvalue weighted by atomic mass is 9.85. The van der Waals surface area contributed by atoms with Crippen LogP contribution in [0.5, 0.6) is 0 Å². The topological polar surface area (TPSA) is 15.3 Å². The second-order valence-electron chi connectivity index (χ2n) is 6.29. The SMILES string of the molecule is CCCN(CC1CCCC(F)(F)C1)C1CCNCC1.Cl. The molecule has 20 heavy (non-hydrogen) atoms. The number of alkyl halides is 2. The van der Waals surface area contributed by atoms with E-state index in [0.29, 0.717) is 12.5 Å². The molecule has 1 unspecified atom stereocenters. The first-order valence-corrected chi connectivity index (χ1v) is 7.93. The monoisotopic (exact) mass is 310 g/mol. The summed E-state index contributed by atoms with van der Waals surface area (Å²) in [5.74, 6) is -2.21. The largest absolute Gasteiger partial charge is 0.317 e. The van der Waals surface area contributed by atoms with Crippen LogP contribution in [-0.4, -0.2) is 43.0 Å². The minimum atomic E-state index is -2.41. The molecule has 0 spiro atoms. The third-order valence-corrected chi connectivity index (χ3v) is 4.57. The van der Waals surface area contributed by atoms with Crippen molar-refractivity contribution in [1.29, 1.82) is 0 Å². The molecule has 0 aromatic rings. The maximum Gasteiger partial charge on any atom is 0.248 e. The van der Waals surface area contributed by atoms with Crippen molar-refractivity contribution in [3.63, 3.8) is 0 Å². The standard InChI is InChI=1S/C15H28F2N2.ClH/c1-2-10-19(14-5-8-18-9-6-14)12-13-4-3-7-15(16,17)11-13;/h13-14,18H,2-12H2,1H3;1H. The van der Waals surface area contributed by atoms with E-state index in [1.54, 1.807) is 0 Å². The molecule has 2 aliphatic rings. The van der Waals surface area contributed by atoms with Crippen LogP contribution < -0.4 is 5.32 Å². The Morgan fingerprint density at radius 3 is 2.50 bits per heavy atom. The van der Waals surface area contributed by atoms with Crippen LogP contribution in [0.25, 0.3) is 0 Å². The molecule has 1 aliphatic heterocycles. The van der Waals surface area contributed by atoms with E-state index >= 15 is 0 Å². The molecule has 2 nitrogen and oxygen atoms in total. The fraction of sp³-hybridized carbons (Fsp3) is 1.00. The maximum absolute atomic E-state index is 13.5. The van der Waals surface area contributed by atoms with Gasteiger partial charge in [0, 0.05) is 25.4 Å². The number of nitrogens with zero attached hydrogens (tertiary/aromatic N) is 1. The molecule has 2 rings (SSSR count). The highest BCUT2D eigenvalue weighted by molar-refractivity contribution is 5.85. The molecule has 1 saturated carbocycles. The molecule has 5 heteroatoms. The summed E-state index contributed by atoms with van der Waals surface area (Å²) in [7, 11) is 0. The minimum Gasteiger partial charge on any atom is -0.317 e. The number of rotatable bonds is 5. The second-order valence-corrected chi connectivity index (χ2v) is 6.29. The van der Waals surface area contributed by atoms with Gasteiger partial charge in [-0.2, -0.15) is 0 Å². The average molecular weight is 311 g/mol. The Kier molecular flexibility index (Phi) is 7.70. The van der Waals surface area contributed by atoms with E-state index in [9.17, 15) is 8.78 Å². The maximum atomic E-state index is 13.5. The van der Waals surface area contributed by atoms with E-state index in [1.165, 1.54) is 12.8 Å². The van der Waals surface area contributed by atoms with Crippen molar-refractivity contribution in [3.05, 3.63) is 0 Å². The molecule has 2 fully saturated rings. The molecule has 0 aromatic carbocycles. The Bertz CT molecular complexity index is 271. The van der Waals surface area contributed by atoms with Gasteiger partial charge >= 0.3 is 0 Å². The summed E-state index contributed by atoms with van der Waals surface area (Å²) in [6.07, 6.45) is 5.35. The molecule has 120 valence electrons. The van der Waals surface area contributed by atoms with Crippen molar-refractivity contribution in [2.45, 2.75) is 63.8 Å². The van der Waals surface area contributed by atoms with Crippen LogP contribution >= 0.6 is 12.4 Å². The molecule has 1 atom stereocenters. The van der Waals surface area contributed by atoms with E-state index < -0.39 is 5.92 Å². The third-order valence-electron chi connectivity index (χ3n) is 4.57. The van der Waals surface area contributed by atoms with Crippen LogP contribution in [-0.2, 0) is 0 Å². The summed E-state index contributed by atoms with van der Waals surface area (Å²) in [6.45, 7) is 6.28. The predicted octanol–water partition coefficient (Wildman–Crippen LogP) is 3.70. The van der Waals surface area contributed by atoms with Gasteiger partial charge in [-0.15, -0.1) is 12.4 Å². The van der Waals surface area contributed by atoms with Gasteiger partial charge < -0.3 is 10.2 Å². The van der Waals surface area contributed by atoms with Crippen LogP contribution in [0.4, 0.5) is 8.78 Å². The van der Waals surface area contributed by atoms with Gasteiger partial charge in [0.25, 0.3) is 0 Å². The second kappa shape index (κ2) is 8.50. The van der Waals surface area contributed by atoms with Crippen molar-refractivity contribution in [2.24, 2.45) is 5.92 Å². The van der Waals surface area contributed by atoms with Gasteiger partial charge in [-0.05, 0) is 57.7 Å². The molecule has 0 amide bonds. The number of hydrogen-bond donors (Lipinski definition) is 1. The first kappa shape index (κ1) is 18.1. The van der Waals surface area contributed by atoms with Crippen LogP contribution in [0.1, 0.15) is 51.9 Å². The smallest absolute Gasteiger partial charge is 0.248 e. The van der Waals surface area contributed by atoms with Crippen molar-refractivity contribution < 1.29 is 8.78 Å². The number of hydrogen-bond acceptors (Lipinski definition) is 2. The van der Waals surface area contributed by atoms with Crippen molar-refractivity contribution in [2.75, 3.05) is 26.2 Å². The molecule has 1 heterocycles. The first-order valence-electron chi connectivity index (χ1n) is 7.93. The van der Waals surface area contributed by atoms with Crippen molar-refractivity contribution in [1.82, 2.24) is 10.2 Å². The number of halogens is 3. The van der Waals surface area contributed by atoms with Gasteiger partial charge in [-0.3, -0.25) is 0 Å². The lowest BCUT2D eigenvalue weighted by Gasteiger charge is -2.39. The summed E-state index contributed by atoms with van der Waals surface area (Å²) in [5, 5.41) is 3.38. The van der Waals surface area contributed by atoms with E-state index in [1.807, 2.05) is 0 Å². The molecular weight excluding hydrogens is 282 g/mol. The van der Waals surface area contributed by atoms with Gasteiger partial charge in [0.1, 0.15) is 0 Å². The summed E-state index contributed by atoms with van der Waals surface area (Å²) < 4.78 is 27.0. The lowest BCUT2D eigenvalue weighted by molar-refractivity contribution is -0.0591. The number of nitrogens with one attached hydrogen (secondary N) is 1. The summed E-state index contributed by atoms with van der Waals surface area (Å²) >= 11 is 0. The summed E-state index contributed by atoms with van der Waals surface area (Å²) in [4.78, 5) is 2.49. The molecule has 0 bridgehead atoms. The van der Waals surface area contributed by atoms with E-state index in [0.717, 1.165) is 39.0 Å². The zero-order valence-corrected chi connectivity index (χ0v) is 13.4. The van der Waals surface area contributed by atoms with Crippen molar-refractivity contribution in [3.8, 4) is 0 Å². The van der Waals surface area contributed by atoms with Crippen LogP contribution in [0.3, 0.4) is 0 Å². The van der Waals surface area contributed by atoms with Gasteiger partial charge in [-0.25, -0.2) is 8.78 Å². The minimum absolute atomic E-state index is 0.